The van der Waals surface area contributed by atoms with E-state index in [1.165, 1.54) is 0 Å². The van der Waals surface area contributed by atoms with Crippen LogP contribution < -0.4 is 26.0 Å². The summed E-state index contributed by atoms with van der Waals surface area (Å²) >= 11 is 13.8. The van der Waals surface area contributed by atoms with Gasteiger partial charge in [0.2, 0.25) is 5.91 Å². The number of rotatable bonds is 9. The topological polar surface area (TPSA) is 122 Å². The lowest BCUT2D eigenvalue weighted by molar-refractivity contribution is -0.119. The highest BCUT2D eigenvalue weighted by Gasteiger charge is 2.24. The van der Waals surface area contributed by atoms with Crippen molar-refractivity contribution in [3.05, 3.63) is 81.5 Å². The van der Waals surface area contributed by atoms with Gasteiger partial charge in [-0.1, -0.05) is 47.5 Å². The van der Waals surface area contributed by atoms with E-state index in [-0.39, 0.29) is 17.9 Å². The van der Waals surface area contributed by atoms with E-state index in [0.717, 1.165) is 41.9 Å². The summed E-state index contributed by atoms with van der Waals surface area (Å²) in [5, 5.41) is 13.4. The van der Waals surface area contributed by atoms with E-state index in [1.807, 2.05) is 41.9 Å². The molecule has 1 fully saturated rings. The number of nitrogens with zero attached hydrogens (tertiary/aromatic N) is 3. The molecule has 6 rings (SSSR count). The Hall–Kier alpha value is -3.96. The number of hydrogen-bond donors (Lipinski definition) is 4. The molecule has 4 heterocycles. The molecule has 2 amide bonds. The number of methoxy groups -OCH3 is 1. The molecule has 0 unspecified atom stereocenters. The van der Waals surface area contributed by atoms with Gasteiger partial charge in [0.15, 0.2) is 5.82 Å². The average Bonchev–Trinajstić information content (AvgIpc) is 3.61. The summed E-state index contributed by atoms with van der Waals surface area (Å²) in [7, 11) is 3.49. The highest BCUT2D eigenvalue weighted by molar-refractivity contribution is 6.39. The fourth-order valence-corrected chi connectivity index (χ4v) is 6.37. The number of ether oxygens (including phenoxy) is 1. The molecule has 2 aromatic carbocycles. The fourth-order valence-electron chi connectivity index (χ4n) is 5.78. The van der Waals surface area contributed by atoms with Gasteiger partial charge >= 0.3 is 0 Å². The van der Waals surface area contributed by atoms with E-state index < -0.39 is 0 Å². The summed E-state index contributed by atoms with van der Waals surface area (Å²) in [6.45, 7) is 2.77. The van der Waals surface area contributed by atoms with Crippen molar-refractivity contribution in [2.45, 2.75) is 38.4 Å². The number of hydrogen-bond acceptors (Lipinski definition) is 7. The van der Waals surface area contributed by atoms with Gasteiger partial charge in [-0.15, -0.1) is 0 Å². The van der Waals surface area contributed by atoms with Gasteiger partial charge in [0, 0.05) is 86.3 Å². The van der Waals surface area contributed by atoms with Gasteiger partial charge in [-0.3, -0.25) is 14.6 Å². The lowest BCUT2D eigenvalue weighted by atomic mass is 10.0. The van der Waals surface area contributed by atoms with Crippen LogP contribution in [-0.4, -0.2) is 52.6 Å². The molecule has 0 bridgehead atoms. The zero-order chi connectivity index (χ0) is 30.8. The highest BCUT2D eigenvalue weighted by atomic mass is 35.5. The number of amides is 2. The standard InChI is InChI=1S/C32H33Cl2N7O3/c1-41-25-11-12-35-17-24(25)39-31(41)32(43)40-23-5-3-4-21(28(23)33)22-10-13-37-30(29(22)34)18-6-7-19(26(14-18)44-2)15-36-16-20-8-9-27(42)38-20/h3-7,10,13-14,20,35-36H,8-9,11-12,15-17H2,1-2H3,(H,38,42)(H,40,43)/t20-/m0/s1. The molecule has 4 aromatic rings. The van der Waals surface area contributed by atoms with Crippen LogP contribution >= 0.6 is 23.2 Å². The Morgan fingerprint density at radius 1 is 1.14 bits per heavy atom. The van der Waals surface area contributed by atoms with Crippen molar-refractivity contribution in [3.63, 3.8) is 0 Å². The first-order valence-electron chi connectivity index (χ1n) is 14.5. The molecule has 2 aromatic heterocycles. The van der Waals surface area contributed by atoms with E-state index in [2.05, 4.69) is 31.2 Å². The lowest BCUT2D eigenvalue weighted by Crippen LogP contribution is -2.35. The van der Waals surface area contributed by atoms with E-state index in [0.29, 0.717) is 70.2 Å². The van der Waals surface area contributed by atoms with Crippen molar-refractivity contribution >= 4 is 40.7 Å². The molecule has 12 heteroatoms. The van der Waals surface area contributed by atoms with E-state index >= 15 is 0 Å². The van der Waals surface area contributed by atoms with Crippen molar-refractivity contribution in [2.75, 3.05) is 25.5 Å². The Morgan fingerprint density at radius 3 is 2.75 bits per heavy atom. The molecule has 2 aliphatic rings. The van der Waals surface area contributed by atoms with Gasteiger partial charge in [0.05, 0.1) is 34.2 Å². The number of fused-ring (bicyclic) bond motifs is 1. The number of imidazole rings is 1. The summed E-state index contributed by atoms with van der Waals surface area (Å²) in [6.07, 6.45) is 3.91. The summed E-state index contributed by atoms with van der Waals surface area (Å²) in [4.78, 5) is 33.9. The first-order chi connectivity index (χ1) is 21.3. The van der Waals surface area contributed by atoms with Crippen LogP contribution in [0.2, 0.25) is 10.0 Å². The molecule has 228 valence electrons. The normalized spacial score (nSPS) is 16.0. The third-order valence-electron chi connectivity index (χ3n) is 8.11. The summed E-state index contributed by atoms with van der Waals surface area (Å²) in [6, 6.07) is 13.2. The quantitative estimate of drug-likeness (QED) is 0.210. The van der Waals surface area contributed by atoms with Crippen molar-refractivity contribution in [3.8, 4) is 28.1 Å². The Labute approximate surface area is 265 Å². The van der Waals surface area contributed by atoms with Gasteiger partial charge < -0.3 is 30.6 Å². The van der Waals surface area contributed by atoms with Gasteiger partial charge in [-0.05, 0) is 24.6 Å². The van der Waals surface area contributed by atoms with Gasteiger partial charge in [0.1, 0.15) is 5.75 Å². The number of aromatic nitrogens is 3. The number of pyridine rings is 1. The predicted octanol–water partition coefficient (Wildman–Crippen LogP) is 4.73. The summed E-state index contributed by atoms with van der Waals surface area (Å²) in [5.74, 6) is 0.797. The molecular formula is C32H33Cl2N7O3. The second kappa shape index (κ2) is 13.0. The summed E-state index contributed by atoms with van der Waals surface area (Å²) in [5.41, 5.74) is 6.09. The maximum atomic E-state index is 13.2. The molecular weight excluding hydrogens is 601 g/mol. The molecule has 44 heavy (non-hydrogen) atoms. The van der Waals surface area contributed by atoms with Crippen LogP contribution in [0.4, 0.5) is 5.69 Å². The van der Waals surface area contributed by atoms with Gasteiger partial charge in [0.25, 0.3) is 5.91 Å². The first-order valence-corrected chi connectivity index (χ1v) is 15.3. The third kappa shape index (κ3) is 6.03. The molecule has 10 nitrogen and oxygen atoms in total. The Kier molecular flexibility index (Phi) is 8.86. The minimum Gasteiger partial charge on any atom is -0.496 e. The molecule has 1 atom stereocenters. The van der Waals surface area contributed by atoms with E-state index in [4.69, 9.17) is 27.9 Å². The zero-order valence-electron chi connectivity index (χ0n) is 24.5. The van der Waals surface area contributed by atoms with Gasteiger partial charge in [-0.25, -0.2) is 4.98 Å². The van der Waals surface area contributed by atoms with Crippen LogP contribution in [-0.2, 0) is 31.4 Å². The van der Waals surface area contributed by atoms with E-state index in [1.54, 1.807) is 25.4 Å². The van der Waals surface area contributed by atoms with Crippen molar-refractivity contribution in [1.82, 2.24) is 30.5 Å². The molecule has 0 saturated carbocycles. The summed E-state index contributed by atoms with van der Waals surface area (Å²) < 4.78 is 7.54. The minimum atomic E-state index is -0.336. The van der Waals surface area contributed by atoms with Crippen molar-refractivity contribution in [2.24, 2.45) is 7.05 Å². The molecule has 0 aliphatic carbocycles. The van der Waals surface area contributed by atoms with Crippen LogP contribution in [0.25, 0.3) is 22.4 Å². The number of nitrogens with one attached hydrogen (secondary N) is 4. The van der Waals surface area contributed by atoms with E-state index in [9.17, 15) is 9.59 Å². The maximum Gasteiger partial charge on any atom is 0.291 e. The third-order valence-corrected chi connectivity index (χ3v) is 8.90. The first kappa shape index (κ1) is 30.1. The largest absolute Gasteiger partial charge is 0.496 e. The number of carbonyl (C=O) groups excluding carboxylic acids is 2. The Bertz CT molecular complexity index is 1740. The lowest BCUT2D eigenvalue weighted by Gasteiger charge is -2.16. The Morgan fingerprint density at radius 2 is 1.98 bits per heavy atom. The molecule has 0 radical (unpaired) electrons. The number of carbonyl (C=O) groups is 2. The fraction of sp³-hybridized carbons (Fsp3) is 0.312. The number of anilines is 1. The van der Waals surface area contributed by atoms with Crippen LogP contribution in [0, 0.1) is 0 Å². The average molecular weight is 635 g/mol. The molecule has 4 N–H and O–H groups in total. The number of halogens is 2. The van der Waals surface area contributed by atoms with Crippen LogP contribution in [0.3, 0.4) is 0 Å². The van der Waals surface area contributed by atoms with Crippen molar-refractivity contribution in [1.29, 1.82) is 0 Å². The van der Waals surface area contributed by atoms with Crippen LogP contribution in [0.1, 0.15) is 40.4 Å². The smallest absolute Gasteiger partial charge is 0.291 e. The van der Waals surface area contributed by atoms with Crippen LogP contribution in [0.5, 0.6) is 5.75 Å². The highest BCUT2D eigenvalue weighted by Crippen LogP contribution is 2.41. The number of benzene rings is 2. The van der Waals surface area contributed by atoms with Crippen molar-refractivity contribution < 1.29 is 14.3 Å². The predicted molar refractivity (Wildman–Crippen MR) is 171 cm³/mol. The minimum absolute atomic E-state index is 0.100. The maximum absolute atomic E-state index is 13.2. The molecule has 0 spiro atoms. The van der Waals surface area contributed by atoms with Crippen LogP contribution in [0.15, 0.2) is 48.7 Å². The second-order valence-corrected chi connectivity index (χ2v) is 11.7. The Balaban J connectivity index is 1.22. The van der Waals surface area contributed by atoms with Gasteiger partial charge in [-0.2, -0.15) is 0 Å². The molecule has 1 saturated heterocycles. The molecule has 2 aliphatic heterocycles. The second-order valence-electron chi connectivity index (χ2n) is 10.9. The monoisotopic (exact) mass is 633 g/mol. The SMILES string of the molecule is COc1cc(-c2nccc(-c3cccc(NC(=O)c4nc5c(n4C)CCNC5)c3Cl)c2Cl)ccc1CNC[C@@H]1CCC(=O)N1. The zero-order valence-corrected chi connectivity index (χ0v) is 26.0.